The maximum absolute atomic E-state index is 11.0. The van der Waals surface area contributed by atoms with E-state index in [1.165, 1.54) is 17.4 Å². The maximum atomic E-state index is 11.0. The number of halogens is 3. The fourth-order valence-corrected chi connectivity index (χ4v) is 3.68. The van der Waals surface area contributed by atoms with Crippen LogP contribution < -0.4 is 5.32 Å². The molecule has 0 atom stereocenters. The summed E-state index contributed by atoms with van der Waals surface area (Å²) < 4.78 is 1.70. The van der Waals surface area contributed by atoms with Crippen LogP contribution in [0.1, 0.15) is 4.88 Å². The summed E-state index contributed by atoms with van der Waals surface area (Å²) >= 11 is 13.6. The first kappa shape index (κ1) is 14.7. The lowest BCUT2D eigenvalue weighted by molar-refractivity contribution is -0.384. The second-order valence-electron chi connectivity index (χ2n) is 3.47. The Kier molecular flexibility index (Phi) is 4.77. The Bertz CT molecular complexity index is 635. The summed E-state index contributed by atoms with van der Waals surface area (Å²) in [5.74, 6) is 0. The number of rotatable bonds is 4. The van der Waals surface area contributed by atoms with E-state index < -0.39 is 4.92 Å². The molecule has 0 radical (unpaired) electrons. The van der Waals surface area contributed by atoms with Crippen molar-refractivity contribution in [1.82, 2.24) is 4.98 Å². The van der Waals surface area contributed by atoms with Gasteiger partial charge in [-0.15, -0.1) is 11.3 Å². The summed E-state index contributed by atoms with van der Waals surface area (Å²) in [6.45, 7) is 0.422. The van der Waals surface area contributed by atoms with Crippen molar-refractivity contribution in [3.05, 3.63) is 46.7 Å². The number of benzene rings is 1. The molecular weight excluding hydrogens is 421 g/mol. The molecule has 0 fully saturated rings. The molecule has 0 unspecified atom stereocenters. The Balaban J connectivity index is 2.26. The van der Waals surface area contributed by atoms with E-state index in [4.69, 9.17) is 11.6 Å². The lowest BCUT2D eigenvalue weighted by atomic mass is 10.2. The van der Waals surface area contributed by atoms with Gasteiger partial charge in [-0.2, -0.15) is 0 Å². The van der Waals surface area contributed by atoms with Crippen LogP contribution in [-0.2, 0) is 6.54 Å². The van der Waals surface area contributed by atoms with Gasteiger partial charge in [0.25, 0.3) is 5.69 Å². The van der Waals surface area contributed by atoms with Gasteiger partial charge < -0.3 is 5.32 Å². The van der Waals surface area contributed by atoms with Gasteiger partial charge >= 0.3 is 0 Å². The first-order valence-corrected chi connectivity index (χ1v) is 7.73. The fourth-order valence-electron chi connectivity index (χ4n) is 1.42. The molecule has 5 nitrogen and oxygen atoms in total. The third-order valence-electron chi connectivity index (χ3n) is 2.20. The lowest BCUT2D eigenvalue weighted by Gasteiger charge is -2.08. The minimum atomic E-state index is -0.433. The zero-order valence-corrected chi connectivity index (χ0v) is 13.9. The lowest BCUT2D eigenvalue weighted by Crippen LogP contribution is -2.02. The molecule has 1 aromatic carbocycles. The monoisotopic (exact) mass is 425 g/mol. The van der Waals surface area contributed by atoms with Crippen LogP contribution in [-0.4, -0.2) is 9.91 Å². The number of nitrogens with one attached hydrogen (secondary N) is 1. The Morgan fingerprint density at radius 2 is 2.21 bits per heavy atom. The molecule has 0 saturated carbocycles. The van der Waals surface area contributed by atoms with Crippen LogP contribution in [0.4, 0.5) is 11.4 Å². The normalized spacial score (nSPS) is 10.5. The van der Waals surface area contributed by atoms with Crippen LogP contribution in [0.2, 0.25) is 4.47 Å². The quantitative estimate of drug-likeness (QED) is 0.560. The molecule has 0 aliphatic rings. The largest absolute Gasteiger partial charge is 0.374 e. The number of anilines is 1. The third-order valence-corrected chi connectivity index (χ3v) is 4.39. The van der Waals surface area contributed by atoms with Gasteiger partial charge in [-0.25, -0.2) is 4.98 Å². The van der Waals surface area contributed by atoms with Crippen molar-refractivity contribution in [2.75, 3.05) is 5.32 Å². The second kappa shape index (κ2) is 6.17. The molecule has 2 rings (SSSR count). The third kappa shape index (κ3) is 3.65. The van der Waals surface area contributed by atoms with Gasteiger partial charge in [0.2, 0.25) is 0 Å². The van der Waals surface area contributed by atoms with E-state index >= 15 is 0 Å². The van der Waals surface area contributed by atoms with Gasteiger partial charge in [-0.1, -0.05) is 27.5 Å². The summed E-state index contributed by atoms with van der Waals surface area (Å²) in [4.78, 5) is 15.4. The Labute approximate surface area is 134 Å². The average Bonchev–Trinajstić information content (AvgIpc) is 2.73. The highest BCUT2D eigenvalue weighted by Crippen LogP contribution is 2.36. The Morgan fingerprint density at radius 3 is 2.79 bits per heavy atom. The van der Waals surface area contributed by atoms with E-state index in [0.29, 0.717) is 25.6 Å². The van der Waals surface area contributed by atoms with E-state index in [2.05, 4.69) is 42.2 Å². The highest BCUT2D eigenvalue weighted by molar-refractivity contribution is 9.11. The van der Waals surface area contributed by atoms with Crippen molar-refractivity contribution in [3.63, 3.8) is 0 Å². The average molecular weight is 428 g/mol. The Morgan fingerprint density at radius 1 is 1.47 bits per heavy atom. The SMILES string of the molecule is O=[N+]([O-])c1cc(Br)cc(Br)c1NCc1cnc(Cl)s1. The molecular formula is C10H6Br2ClN3O2S. The number of nitro benzene ring substituents is 1. The minimum absolute atomic E-state index is 0.00291. The van der Waals surface area contributed by atoms with Crippen LogP contribution >= 0.6 is 54.8 Å². The van der Waals surface area contributed by atoms with Crippen LogP contribution in [0.15, 0.2) is 27.3 Å². The van der Waals surface area contributed by atoms with Gasteiger partial charge in [-0.3, -0.25) is 10.1 Å². The van der Waals surface area contributed by atoms with E-state index in [1.54, 1.807) is 12.3 Å². The first-order chi connectivity index (χ1) is 8.97. The molecule has 0 aliphatic heterocycles. The second-order valence-corrected chi connectivity index (χ2v) is 6.94. The molecule has 0 aliphatic carbocycles. The summed E-state index contributed by atoms with van der Waals surface area (Å²) in [5.41, 5.74) is 0.426. The molecule has 1 N–H and O–H groups in total. The molecule has 0 bridgehead atoms. The van der Waals surface area contributed by atoms with Gasteiger partial charge in [0.15, 0.2) is 4.47 Å². The van der Waals surface area contributed by atoms with Gasteiger partial charge in [0.05, 0.1) is 11.5 Å². The van der Waals surface area contributed by atoms with Gasteiger partial charge in [-0.05, 0) is 22.0 Å². The minimum Gasteiger partial charge on any atom is -0.374 e. The van der Waals surface area contributed by atoms with E-state index in [-0.39, 0.29) is 5.69 Å². The summed E-state index contributed by atoms with van der Waals surface area (Å²) in [6.07, 6.45) is 1.64. The molecule has 0 amide bonds. The number of hydrogen-bond acceptors (Lipinski definition) is 5. The molecule has 1 heterocycles. The molecule has 1 aromatic heterocycles. The van der Waals surface area contributed by atoms with Crippen LogP contribution in [0.25, 0.3) is 0 Å². The van der Waals surface area contributed by atoms with E-state index in [0.717, 1.165) is 4.88 Å². The predicted molar refractivity (Wildman–Crippen MR) is 82.9 cm³/mol. The Hall–Kier alpha value is -0.700. The highest BCUT2D eigenvalue weighted by atomic mass is 79.9. The van der Waals surface area contributed by atoms with Crippen molar-refractivity contribution in [2.24, 2.45) is 0 Å². The van der Waals surface area contributed by atoms with Gasteiger partial charge in [0.1, 0.15) is 5.69 Å². The topological polar surface area (TPSA) is 68.1 Å². The summed E-state index contributed by atoms with van der Waals surface area (Å²) in [7, 11) is 0. The number of hydrogen-bond donors (Lipinski definition) is 1. The maximum Gasteiger partial charge on any atom is 0.294 e. The number of thiazole rings is 1. The van der Waals surface area contributed by atoms with E-state index in [1.807, 2.05) is 0 Å². The number of nitrogens with zero attached hydrogens (tertiary/aromatic N) is 2. The molecule has 100 valence electrons. The predicted octanol–water partition coefficient (Wildman–Crippen LogP) is 4.84. The van der Waals surface area contributed by atoms with Crippen molar-refractivity contribution in [2.45, 2.75) is 6.54 Å². The number of nitro groups is 1. The first-order valence-electron chi connectivity index (χ1n) is 4.95. The highest BCUT2D eigenvalue weighted by Gasteiger charge is 2.18. The van der Waals surface area contributed by atoms with Crippen molar-refractivity contribution < 1.29 is 4.92 Å². The zero-order chi connectivity index (χ0) is 14.0. The fraction of sp³-hybridized carbons (Fsp3) is 0.100. The molecule has 0 spiro atoms. The van der Waals surface area contributed by atoms with Gasteiger partial charge in [0, 0.05) is 26.1 Å². The smallest absolute Gasteiger partial charge is 0.294 e. The van der Waals surface area contributed by atoms with Crippen molar-refractivity contribution >= 4 is 66.2 Å². The molecule has 0 saturated heterocycles. The summed E-state index contributed by atoms with van der Waals surface area (Å²) in [6, 6.07) is 3.20. The van der Waals surface area contributed by atoms with Crippen LogP contribution in [0.5, 0.6) is 0 Å². The molecule has 19 heavy (non-hydrogen) atoms. The number of aromatic nitrogens is 1. The van der Waals surface area contributed by atoms with E-state index in [9.17, 15) is 10.1 Å². The zero-order valence-electron chi connectivity index (χ0n) is 9.19. The van der Waals surface area contributed by atoms with Crippen molar-refractivity contribution in [3.8, 4) is 0 Å². The van der Waals surface area contributed by atoms with Crippen LogP contribution in [0.3, 0.4) is 0 Å². The van der Waals surface area contributed by atoms with Crippen LogP contribution in [0, 0.1) is 10.1 Å². The molecule has 9 heteroatoms. The van der Waals surface area contributed by atoms with Crippen molar-refractivity contribution in [1.29, 1.82) is 0 Å². The summed E-state index contributed by atoms with van der Waals surface area (Å²) in [5, 5.41) is 14.1. The standard InChI is InChI=1S/C10H6Br2ClN3O2S/c11-5-1-7(12)9(8(2-5)16(17)18)14-3-6-4-15-10(13)19-6/h1-2,4,14H,3H2. The molecule has 2 aromatic rings.